The quantitative estimate of drug-likeness (QED) is 0.0370. The molecule has 1 aliphatic heterocycles. The van der Waals surface area contributed by atoms with Crippen molar-refractivity contribution in [3.63, 3.8) is 0 Å². The number of nitrogens with one attached hydrogen (secondary N) is 7. The monoisotopic (exact) mass is 890 g/mol. The Morgan fingerprint density at radius 3 is 2.34 bits per heavy atom. The van der Waals surface area contributed by atoms with Crippen LogP contribution in [0.1, 0.15) is 116 Å². The number of nitrogens with two attached hydrogens (primary N) is 1. The third kappa shape index (κ3) is 19.4. The number of primary amides is 1. The minimum atomic E-state index is -1.55. The minimum absolute atomic E-state index is 0.0602. The number of unbranched alkanes of at least 4 members (excludes halogenated alkanes) is 7. The molecule has 0 spiro atoms. The van der Waals surface area contributed by atoms with Crippen LogP contribution in [-0.4, -0.2) is 101 Å². The van der Waals surface area contributed by atoms with E-state index in [1.54, 1.807) is 18.3 Å². The number of benzene rings is 1. The highest BCUT2D eigenvalue weighted by Gasteiger charge is 2.33. The predicted molar refractivity (Wildman–Crippen MR) is 240 cm³/mol. The summed E-state index contributed by atoms with van der Waals surface area (Å²) in [6.45, 7) is 4.00. The normalized spacial score (nSPS) is 19.8. The summed E-state index contributed by atoms with van der Waals surface area (Å²) in [7, 11) is 0. The molecule has 1 saturated heterocycles. The molecule has 1 aromatic heterocycles. The molecule has 3 rings (SSSR count). The Morgan fingerprint density at radius 2 is 1.59 bits per heavy atom. The molecule has 7 amide bonds. The highest BCUT2D eigenvalue weighted by molar-refractivity contribution is 5.95. The van der Waals surface area contributed by atoms with E-state index < -0.39 is 84.1 Å². The van der Waals surface area contributed by atoms with Crippen molar-refractivity contribution in [1.82, 2.24) is 36.9 Å². The summed E-state index contributed by atoms with van der Waals surface area (Å²) >= 11 is 0. The van der Waals surface area contributed by atoms with Gasteiger partial charge in [-0.1, -0.05) is 75.5 Å². The average molecular weight is 891 g/mol. The van der Waals surface area contributed by atoms with Gasteiger partial charge in [0.2, 0.25) is 41.4 Å². The first-order chi connectivity index (χ1) is 30.7. The zero-order chi connectivity index (χ0) is 46.9. The van der Waals surface area contributed by atoms with Gasteiger partial charge in [-0.25, -0.2) is 0 Å². The van der Waals surface area contributed by atoms with Gasteiger partial charge >= 0.3 is 5.97 Å². The van der Waals surface area contributed by atoms with Crippen molar-refractivity contribution in [3.05, 3.63) is 60.3 Å². The number of aromatic nitrogens is 1. The molecule has 0 aliphatic carbocycles. The smallest absolute Gasteiger partial charge is 0.325 e. The number of allylic oxidation sites excluding steroid dienone is 4. The van der Waals surface area contributed by atoms with E-state index in [0.717, 1.165) is 55.0 Å². The van der Waals surface area contributed by atoms with Crippen molar-refractivity contribution in [2.24, 2.45) is 5.73 Å². The van der Waals surface area contributed by atoms with Gasteiger partial charge in [-0.2, -0.15) is 0 Å². The van der Waals surface area contributed by atoms with E-state index in [-0.39, 0.29) is 44.4 Å². The number of hydrogen-bond acceptors (Lipinski definition) is 10. The zero-order valence-electron chi connectivity index (χ0n) is 37.3. The van der Waals surface area contributed by atoms with Gasteiger partial charge in [0, 0.05) is 55.7 Å². The highest BCUT2D eigenvalue weighted by Crippen LogP contribution is 2.19. The van der Waals surface area contributed by atoms with Gasteiger partial charge in [0.25, 0.3) is 0 Å². The minimum Gasteiger partial charge on any atom is -0.459 e. The van der Waals surface area contributed by atoms with E-state index in [0.29, 0.717) is 19.3 Å². The fourth-order valence-electron chi connectivity index (χ4n) is 6.93. The molecule has 2 aromatic rings. The summed E-state index contributed by atoms with van der Waals surface area (Å²) in [5.41, 5.74) is 6.91. The van der Waals surface area contributed by atoms with Crippen molar-refractivity contribution in [1.29, 1.82) is 0 Å². The van der Waals surface area contributed by atoms with Crippen molar-refractivity contribution in [2.45, 2.75) is 147 Å². The molecular weight excluding hydrogens is 825 g/mol. The summed E-state index contributed by atoms with van der Waals surface area (Å²) in [6.07, 6.45) is 15.6. The lowest BCUT2D eigenvalue weighted by Crippen LogP contribution is -2.58. The number of cyclic esters (lactones) is 1. The first-order valence-electron chi connectivity index (χ1n) is 22.3. The Balaban J connectivity index is 1.61. The number of rotatable bonds is 22. The van der Waals surface area contributed by atoms with Crippen LogP contribution in [0.4, 0.5) is 0 Å². The topological polar surface area (TPSA) is 277 Å². The highest BCUT2D eigenvalue weighted by atomic mass is 16.5. The molecule has 64 heavy (non-hydrogen) atoms. The Bertz CT molecular complexity index is 1980. The van der Waals surface area contributed by atoms with E-state index in [2.05, 4.69) is 49.9 Å². The van der Waals surface area contributed by atoms with Crippen LogP contribution in [0.2, 0.25) is 0 Å². The van der Waals surface area contributed by atoms with Crippen molar-refractivity contribution in [2.75, 3.05) is 13.1 Å². The number of carbonyl (C=O) groups excluding carboxylic acids is 9. The molecule has 0 bridgehead atoms. The maximum absolute atomic E-state index is 13.7. The molecule has 1 fully saturated rings. The molecule has 2 heterocycles. The van der Waals surface area contributed by atoms with E-state index in [9.17, 15) is 43.2 Å². The van der Waals surface area contributed by atoms with Gasteiger partial charge in [-0.3, -0.25) is 43.2 Å². The molecule has 18 heteroatoms. The molecule has 9 N–H and O–H groups in total. The largest absolute Gasteiger partial charge is 0.459 e. The van der Waals surface area contributed by atoms with Crippen LogP contribution in [0.3, 0.4) is 0 Å². The number of aromatic amines is 1. The Morgan fingerprint density at radius 1 is 0.859 bits per heavy atom. The second kappa shape index (κ2) is 28.4. The van der Waals surface area contributed by atoms with E-state index >= 15 is 0 Å². The van der Waals surface area contributed by atoms with Gasteiger partial charge in [0.1, 0.15) is 36.8 Å². The standard InChI is InChI=1S/C46H66N8O10/c1-4-5-6-7-8-10-13-18-33(55)19-14-11-9-12-15-22-39(57)52-36(23-24-38(47)56)44(61)54-42-31(3)64-41(59)29-50-43(60)30(2)51-45(62)37(53-40(58)25-26-48-46(42)63)27-32-28-49-35-21-17-16-20-34(32)35/h8,10,13,16-18,20-21,28,30-31,36-37,42,49H,4-7,9,11-12,14-15,19,22-27,29H2,1-3H3,(H2,47,56)(H,48,63)(H,50,60)(H,51,62)(H,52,57)(H,53,58)(H,54,61)/b10-8+,18-13+. The molecule has 350 valence electrons. The molecule has 5 unspecified atom stereocenters. The third-order valence-electron chi connectivity index (χ3n) is 10.6. The number of para-hydroxylation sites is 1. The molecule has 1 aliphatic rings. The Labute approximate surface area is 374 Å². The first-order valence-corrected chi connectivity index (χ1v) is 22.3. The van der Waals surface area contributed by atoms with Crippen molar-refractivity contribution in [3.8, 4) is 0 Å². The van der Waals surface area contributed by atoms with Crippen molar-refractivity contribution < 1.29 is 47.9 Å². The van der Waals surface area contributed by atoms with Crippen LogP contribution >= 0.6 is 0 Å². The molecule has 5 atom stereocenters. The number of fused-ring (bicyclic) bond motifs is 1. The number of H-pyrrole nitrogens is 1. The molecule has 0 saturated carbocycles. The lowest BCUT2D eigenvalue weighted by atomic mass is 10.0. The molecule has 18 nitrogen and oxygen atoms in total. The lowest BCUT2D eigenvalue weighted by Gasteiger charge is -2.27. The van der Waals surface area contributed by atoms with Gasteiger partial charge in [0.05, 0.1) is 0 Å². The summed E-state index contributed by atoms with van der Waals surface area (Å²) in [6, 6.07) is 2.31. The molecular formula is C46H66N8O10. The van der Waals surface area contributed by atoms with E-state index in [1.807, 2.05) is 30.3 Å². The average Bonchev–Trinajstić information content (AvgIpc) is 3.66. The van der Waals surface area contributed by atoms with Crippen molar-refractivity contribution >= 4 is 64.0 Å². The Kier molecular flexibility index (Phi) is 23.1. The zero-order valence-corrected chi connectivity index (χ0v) is 37.3. The maximum Gasteiger partial charge on any atom is 0.325 e. The van der Waals surface area contributed by atoms with Crippen LogP contribution in [-0.2, 0) is 54.3 Å². The summed E-state index contributed by atoms with van der Waals surface area (Å²) in [5, 5.41) is 16.1. The van der Waals surface area contributed by atoms with Crippen LogP contribution in [0.15, 0.2) is 54.8 Å². The maximum atomic E-state index is 13.7. The second-order valence-electron chi connectivity index (χ2n) is 16.0. The number of amides is 7. The predicted octanol–water partition coefficient (Wildman–Crippen LogP) is 2.50. The fourth-order valence-corrected chi connectivity index (χ4v) is 6.93. The number of ketones is 1. The summed E-state index contributed by atoms with van der Waals surface area (Å²) in [5.74, 6) is -5.80. The summed E-state index contributed by atoms with van der Waals surface area (Å²) < 4.78 is 5.41. The van der Waals surface area contributed by atoms with Gasteiger partial charge < -0.3 is 47.4 Å². The first kappa shape index (κ1) is 52.0. The van der Waals surface area contributed by atoms with Crippen LogP contribution in [0.25, 0.3) is 10.9 Å². The second-order valence-corrected chi connectivity index (χ2v) is 16.0. The van der Waals surface area contributed by atoms with Crippen LogP contribution in [0, 0.1) is 0 Å². The number of ether oxygens (including phenoxy) is 1. The third-order valence-corrected chi connectivity index (χ3v) is 10.6. The molecule has 0 radical (unpaired) electrons. The molecule has 1 aromatic carbocycles. The van der Waals surface area contributed by atoms with E-state index in [4.69, 9.17) is 10.5 Å². The lowest BCUT2D eigenvalue weighted by molar-refractivity contribution is -0.152. The van der Waals surface area contributed by atoms with E-state index in [1.165, 1.54) is 20.3 Å². The summed E-state index contributed by atoms with van der Waals surface area (Å²) in [4.78, 5) is 120. The van der Waals surface area contributed by atoms with Crippen LogP contribution in [0.5, 0.6) is 0 Å². The number of esters is 1. The number of carbonyl (C=O) groups is 9. The van der Waals surface area contributed by atoms with Crippen LogP contribution < -0.4 is 37.6 Å². The number of hydrogen-bond donors (Lipinski definition) is 8. The Hall–Kier alpha value is -6.33. The van der Waals surface area contributed by atoms with Gasteiger partial charge in [-0.15, -0.1) is 0 Å². The fraction of sp³-hybridized carbons (Fsp3) is 0.543. The van der Waals surface area contributed by atoms with Gasteiger partial charge in [-0.05, 0) is 63.7 Å². The van der Waals surface area contributed by atoms with Gasteiger partial charge in [0.15, 0.2) is 5.78 Å². The SMILES string of the molecule is CCCCC/C=C/C=C/C(=O)CCCCCCCC(=O)NC(CCC(N)=O)C(=O)NC1C(=O)NCCC(=O)NC(Cc2c[nH]c3ccccc23)C(=O)NC(C)C(=O)NCC(=O)OC1C.